The first-order chi connectivity index (χ1) is 12.1. The van der Waals surface area contributed by atoms with Gasteiger partial charge in [0.15, 0.2) is 11.5 Å². The Morgan fingerprint density at radius 2 is 1.84 bits per heavy atom. The van der Waals surface area contributed by atoms with E-state index in [1.165, 1.54) is 21.3 Å². The first-order valence-electron chi connectivity index (χ1n) is 7.55. The Hall–Kier alpha value is -3.22. The Balaban J connectivity index is 2.18. The monoisotopic (exact) mass is 343 g/mol. The Kier molecular flexibility index (Phi) is 6.22. The predicted molar refractivity (Wildman–Crippen MR) is 97.0 cm³/mol. The molecule has 2 rings (SSSR count). The molecule has 0 spiro atoms. The number of hydrogen-bond acceptors (Lipinski definition) is 6. The van der Waals surface area contributed by atoms with Crippen molar-refractivity contribution in [2.75, 3.05) is 38.5 Å². The molecule has 0 aliphatic heterocycles. The maximum Gasteiger partial charge on any atom is 0.255 e. The van der Waals surface area contributed by atoms with Crippen LogP contribution in [0.25, 0.3) is 0 Å². The fraction of sp³-hybridized carbons (Fsp3) is 0.222. The van der Waals surface area contributed by atoms with Crippen LogP contribution in [0.1, 0.15) is 10.4 Å². The van der Waals surface area contributed by atoms with Crippen LogP contribution in [0.5, 0.6) is 17.2 Å². The van der Waals surface area contributed by atoms with Gasteiger partial charge in [0.05, 0.1) is 33.2 Å². The Bertz CT molecular complexity index is 719. The molecular formula is C18H21N3O4. The minimum absolute atomic E-state index is 0.312. The molecule has 7 nitrogen and oxygen atoms in total. The summed E-state index contributed by atoms with van der Waals surface area (Å²) in [5.74, 6) is 1.64. The molecule has 2 aromatic rings. The second-order valence-electron chi connectivity index (χ2n) is 4.97. The van der Waals surface area contributed by atoms with Gasteiger partial charge in [0.2, 0.25) is 5.75 Å². The number of rotatable bonds is 8. The Morgan fingerprint density at radius 1 is 1.16 bits per heavy atom. The van der Waals surface area contributed by atoms with Gasteiger partial charge in [-0.1, -0.05) is 6.08 Å². The second-order valence-corrected chi connectivity index (χ2v) is 4.97. The fourth-order valence-electron chi connectivity index (χ4n) is 2.16. The molecule has 0 unspecified atom stereocenters. The van der Waals surface area contributed by atoms with Gasteiger partial charge in [-0.3, -0.25) is 4.79 Å². The average molecular weight is 343 g/mol. The van der Waals surface area contributed by atoms with E-state index < -0.39 is 0 Å². The lowest BCUT2D eigenvalue weighted by Crippen LogP contribution is -2.13. The largest absolute Gasteiger partial charge is 0.493 e. The summed E-state index contributed by atoms with van der Waals surface area (Å²) >= 11 is 0. The number of benzene rings is 1. The van der Waals surface area contributed by atoms with E-state index in [9.17, 15) is 4.79 Å². The van der Waals surface area contributed by atoms with E-state index in [1.807, 2.05) is 0 Å². The minimum Gasteiger partial charge on any atom is -0.493 e. The summed E-state index contributed by atoms with van der Waals surface area (Å²) in [7, 11) is 4.50. The first kappa shape index (κ1) is 18.1. The highest BCUT2D eigenvalue weighted by molar-refractivity contribution is 6.05. The number of anilines is 2. The zero-order valence-electron chi connectivity index (χ0n) is 14.5. The van der Waals surface area contributed by atoms with Crippen LogP contribution in [0.2, 0.25) is 0 Å². The molecular weight excluding hydrogens is 322 g/mol. The van der Waals surface area contributed by atoms with Crippen LogP contribution in [0, 0.1) is 0 Å². The summed E-state index contributed by atoms with van der Waals surface area (Å²) in [6.07, 6.45) is 3.31. The third-order valence-corrected chi connectivity index (χ3v) is 3.38. The van der Waals surface area contributed by atoms with Crippen LogP contribution in [0.3, 0.4) is 0 Å². The summed E-state index contributed by atoms with van der Waals surface area (Å²) in [6.45, 7) is 4.25. The fourth-order valence-corrected chi connectivity index (χ4v) is 2.16. The van der Waals surface area contributed by atoms with Crippen LogP contribution >= 0.6 is 0 Å². The highest BCUT2D eigenvalue weighted by Gasteiger charge is 2.17. The molecule has 132 valence electrons. The molecule has 0 saturated heterocycles. The average Bonchev–Trinajstić information content (AvgIpc) is 2.66. The Labute approximate surface area is 146 Å². The maximum absolute atomic E-state index is 12.5. The van der Waals surface area contributed by atoms with Crippen molar-refractivity contribution in [3.05, 3.63) is 48.7 Å². The molecule has 2 N–H and O–H groups in total. The summed E-state index contributed by atoms with van der Waals surface area (Å²) in [4.78, 5) is 16.7. The molecule has 0 fully saturated rings. The molecule has 0 radical (unpaired) electrons. The lowest BCUT2D eigenvalue weighted by molar-refractivity contribution is 0.102. The normalized spacial score (nSPS) is 9.88. The number of amides is 1. The number of methoxy groups -OCH3 is 3. The molecule has 25 heavy (non-hydrogen) atoms. The number of pyridine rings is 1. The second kappa shape index (κ2) is 8.58. The van der Waals surface area contributed by atoms with Crippen molar-refractivity contribution in [2.45, 2.75) is 0 Å². The van der Waals surface area contributed by atoms with E-state index in [0.717, 1.165) is 0 Å². The molecule has 0 aliphatic carbocycles. The number of carbonyl (C=O) groups is 1. The van der Waals surface area contributed by atoms with Crippen LogP contribution in [0.4, 0.5) is 11.5 Å². The van der Waals surface area contributed by atoms with E-state index in [-0.39, 0.29) is 5.91 Å². The quantitative estimate of drug-likeness (QED) is 0.717. The number of ether oxygens (including phenoxy) is 3. The number of nitrogens with one attached hydrogen (secondary N) is 2. The van der Waals surface area contributed by atoms with Gasteiger partial charge >= 0.3 is 0 Å². The van der Waals surface area contributed by atoms with E-state index in [0.29, 0.717) is 40.9 Å². The molecule has 0 aliphatic rings. The third-order valence-electron chi connectivity index (χ3n) is 3.38. The highest BCUT2D eigenvalue weighted by atomic mass is 16.5. The van der Waals surface area contributed by atoms with Crippen LogP contribution < -0.4 is 24.8 Å². The molecule has 0 bridgehead atoms. The molecule has 0 saturated carbocycles. The van der Waals surface area contributed by atoms with Gasteiger partial charge in [0.25, 0.3) is 5.91 Å². The van der Waals surface area contributed by atoms with Gasteiger partial charge < -0.3 is 24.8 Å². The van der Waals surface area contributed by atoms with E-state index >= 15 is 0 Å². The first-order valence-corrected chi connectivity index (χ1v) is 7.55. The number of nitrogens with zero attached hydrogens (tertiary/aromatic N) is 1. The number of hydrogen-bond donors (Lipinski definition) is 2. The zero-order chi connectivity index (χ0) is 18.2. The van der Waals surface area contributed by atoms with E-state index in [4.69, 9.17) is 14.2 Å². The topological polar surface area (TPSA) is 81.7 Å². The van der Waals surface area contributed by atoms with Gasteiger partial charge in [0, 0.05) is 12.1 Å². The van der Waals surface area contributed by atoms with Gasteiger partial charge in [-0.05, 0) is 24.3 Å². The van der Waals surface area contributed by atoms with Crippen molar-refractivity contribution in [3.8, 4) is 17.2 Å². The molecule has 1 aromatic heterocycles. The van der Waals surface area contributed by atoms with Gasteiger partial charge in [0.1, 0.15) is 5.82 Å². The van der Waals surface area contributed by atoms with Crippen molar-refractivity contribution < 1.29 is 19.0 Å². The zero-order valence-corrected chi connectivity index (χ0v) is 14.5. The summed E-state index contributed by atoms with van der Waals surface area (Å²) < 4.78 is 15.8. The SMILES string of the molecule is C=CCNc1ccc(NC(=O)c2cc(OC)c(OC)c(OC)c2)cn1. The van der Waals surface area contributed by atoms with Crippen LogP contribution in [-0.2, 0) is 0 Å². The Morgan fingerprint density at radius 3 is 2.32 bits per heavy atom. The summed E-state index contributed by atoms with van der Waals surface area (Å²) in [6, 6.07) is 6.71. The number of carbonyl (C=O) groups excluding carboxylic acids is 1. The molecule has 0 atom stereocenters. The van der Waals surface area contributed by atoms with E-state index in [2.05, 4.69) is 22.2 Å². The maximum atomic E-state index is 12.5. The molecule has 1 amide bonds. The smallest absolute Gasteiger partial charge is 0.255 e. The molecule has 1 aromatic carbocycles. The lowest BCUT2D eigenvalue weighted by atomic mass is 10.1. The predicted octanol–water partition coefficient (Wildman–Crippen LogP) is 2.96. The van der Waals surface area contributed by atoms with Crippen LogP contribution in [0.15, 0.2) is 43.1 Å². The van der Waals surface area contributed by atoms with Crippen molar-refractivity contribution in [2.24, 2.45) is 0 Å². The number of aromatic nitrogens is 1. The van der Waals surface area contributed by atoms with Crippen molar-refractivity contribution in [1.82, 2.24) is 4.98 Å². The van der Waals surface area contributed by atoms with Crippen molar-refractivity contribution in [1.29, 1.82) is 0 Å². The standard InChI is InChI=1S/C18H21N3O4/c1-5-8-19-16-7-6-13(11-20-16)21-18(22)12-9-14(23-2)17(25-4)15(10-12)24-3/h5-7,9-11H,1,8H2,2-4H3,(H,19,20)(H,21,22). The summed E-state index contributed by atoms with van der Waals surface area (Å²) in [5, 5.41) is 5.84. The van der Waals surface area contributed by atoms with Gasteiger partial charge in [-0.15, -0.1) is 6.58 Å². The highest BCUT2D eigenvalue weighted by Crippen LogP contribution is 2.38. The van der Waals surface area contributed by atoms with E-state index in [1.54, 1.807) is 36.5 Å². The van der Waals surface area contributed by atoms with Crippen molar-refractivity contribution in [3.63, 3.8) is 0 Å². The molecule has 7 heteroatoms. The molecule has 1 heterocycles. The lowest BCUT2D eigenvalue weighted by Gasteiger charge is -2.14. The van der Waals surface area contributed by atoms with Gasteiger partial charge in [-0.2, -0.15) is 0 Å². The minimum atomic E-state index is -0.312. The van der Waals surface area contributed by atoms with Crippen LogP contribution in [-0.4, -0.2) is 38.8 Å². The van der Waals surface area contributed by atoms with Crippen molar-refractivity contribution >= 4 is 17.4 Å². The third kappa shape index (κ3) is 4.41. The van der Waals surface area contributed by atoms with Gasteiger partial charge in [-0.25, -0.2) is 4.98 Å². The summed E-state index contributed by atoms with van der Waals surface area (Å²) in [5.41, 5.74) is 0.950.